The number of nitrogens with zero attached hydrogens (tertiary/aromatic N) is 3. The van der Waals surface area contributed by atoms with Crippen LogP contribution in [0.2, 0.25) is 0 Å². The highest BCUT2D eigenvalue weighted by Gasteiger charge is 2.36. The summed E-state index contributed by atoms with van der Waals surface area (Å²) in [5, 5.41) is 4.45. The molecule has 1 aliphatic rings. The molecule has 0 N–H and O–H groups in total. The van der Waals surface area contributed by atoms with E-state index in [0.717, 1.165) is 11.3 Å². The molecule has 21 heavy (non-hydrogen) atoms. The first-order valence-corrected chi connectivity index (χ1v) is 6.99. The number of fused-ring (bicyclic) bond motifs is 1. The second-order valence-electron chi connectivity index (χ2n) is 5.57. The molecule has 0 saturated carbocycles. The Kier molecular flexibility index (Phi) is 3.12. The lowest BCUT2D eigenvalue weighted by molar-refractivity contribution is -0.114. The number of para-hydroxylation sites is 1. The van der Waals surface area contributed by atoms with Gasteiger partial charge in [0.15, 0.2) is 0 Å². The van der Waals surface area contributed by atoms with Crippen molar-refractivity contribution in [1.82, 2.24) is 9.78 Å². The van der Waals surface area contributed by atoms with E-state index < -0.39 is 11.7 Å². The lowest BCUT2D eigenvalue weighted by Crippen LogP contribution is -2.29. The Morgan fingerprint density at radius 1 is 1.19 bits per heavy atom. The van der Waals surface area contributed by atoms with Gasteiger partial charge in [0.2, 0.25) is 0 Å². The van der Waals surface area contributed by atoms with Gasteiger partial charge in [-0.05, 0) is 38.5 Å². The Labute approximate surface area is 123 Å². The van der Waals surface area contributed by atoms with Crippen LogP contribution in [-0.4, -0.2) is 21.5 Å². The molecule has 0 aliphatic carbocycles. The van der Waals surface area contributed by atoms with Crippen LogP contribution >= 0.6 is 0 Å². The quantitative estimate of drug-likeness (QED) is 0.813. The van der Waals surface area contributed by atoms with Crippen LogP contribution in [0.5, 0.6) is 0 Å². The Morgan fingerprint density at radius 3 is 2.62 bits per heavy atom. The van der Waals surface area contributed by atoms with Gasteiger partial charge < -0.3 is 0 Å². The third kappa shape index (κ3) is 2.14. The van der Waals surface area contributed by atoms with E-state index in [0.29, 0.717) is 17.8 Å². The summed E-state index contributed by atoms with van der Waals surface area (Å²) >= 11 is 0. The Morgan fingerprint density at radius 2 is 1.95 bits per heavy atom. The number of anilines is 1. The minimum Gasteiger partial charge on any atom is -0.298 e. The van der Waals surface area contributed by atoms with Crippen LogP contribution in [0.15, 0.2) is 30.5 Å². The fourth-order valence-corrected chi connectivity index (χ4v) is 2.60. The maximum absolute atomic E-state index is 12.2. The largest absolute Gasteiger partial charge is 0.299 e. The number of ketones is 1. The van der Waals surface area contributed by atoms with E-state index in [1.165, 1.54) is 4.90 Å². The Balaban J connectivity index is 1.96. The van der Waals surface area contributed by atoms with E-state index in [-0.39, 0.29) is 6.04 Å². The highest BCUT2D eigenvalue weighted by molar-refractivity contribution is 6.52. The van der Waals surface area contributed by atoms with Gasteiger partial charge in [-0.2, -0.15) is 5.10 Å². The van der Waals surface area contributed by atoms with Crippen molar-refractivity contribution in [2.75, 3.05) is 4.90 Å². The number of rotatable bonds is 3. The second kappa shape index (κ2) is 4.84. The standard InChI is InChI=1S/C16H17N3O2/c1-10(2)19-8-7-12(17-19)9-18-14-11(3)5-4-6-13(14)15(20)16(18)21/h4-8,10H,9H2,1-3H3. The number of benzene rings is 1. The number of Topliss-reactive ketones (excluding diaryl/α,β-unsaturated/α-hetero) is 1. The van der Waals surface area contributed by atoms with E-state index in [1.807, 2.05) is 43.8 Å². The smallest absolute Gasteiger partial charge is 0.298 e. The molecule has 3 rings (SSSR count). The van der Waals surface area contributed by atoms with Gasteiger partial charge in [-0.15, -0.1) is 0 Å². The fourth-order valence-electron chi connectivity index (χ4n) is 2.60. The Bertz CT molecular complexity index is 731. The van der Waals surface area contributed by atoms with E-state index in [4.69, 9.17) is 0 Å². The maximum atomic E-state index is 12.2. The summed E-state index contributed by atoms with van der Waals surface area (Å²) in [5.41, 5.74) is 2.91. The zero-order valence-corrected chi connectivity index (χ0v) is 12.3. The monoisotopic (exact) mass is 283 g/mol. The highest BCUT2D eigenvalue weighted by atomic mass is 16.2. The lowest BCUT2D eigenvalue weighted by atomic mass is 10.1. The molecular formula is C16H17N3O2. The van der Waals surface area contributed by atoms with Crippen molar-refractivity contribution in [3.8, 4) is 0 Å². The number of aromatic nitrogens is 2. The van der Waals surface area contributed by atoms with Crippen LogP contribution in [0, 0.1) is 6.92 Å². The summed E-state index contributed by atoms with van der Waals surface area (Å²) in [4.78, 5) is 25.8. The summed E-state index contributed by atoms with van der Waals surface area (Å²) in [6, 6.07) is 7.56. The summed E-state index contributed by atoms with van der Waals surface area (Å²) in [6.45, 7) is 6.31. The minimum atomic E-state index is -0.474. The van der Waals surface area contributed by atoms with Crippen LogP contribution in [0.25, 0.3) is 0 Å². The number of carbonyl (C=O) groups excluding carboxylic acids is 2. The molecule has 0 unspecified atom stereocenters. The minimum absolute atomic E-state index is 0.267. The maximum Gasteiger partial charge on any atom is 0.299 e. The van der Waals surface area contributed by atoms with Crippen molar-refractivity contribution in [1.29, 1.82) is 0 Å². The summed E-state index contributed by atoms with van der Waals surface area (Å²) in [7, 11) is 0. The van der Waals surface area contributed by atoms with E-state index in [2.05, 4.69) is 5.10 Å². The Hall–Kier alpha value is -2.43. The van der Waals surface area contributed by atoms with Gasteiger partial charge >= 0.3 is 0 Å². The van der Waals surface area contributed by atoms with Crippen LogP contribution < -0.4 is 4.90 Å². The predicted molar refractivity (Wildman–Crippen MR) is 79.3 cm³/mol. The topological polar surface area (TPSA) is 55.2 Å². The number of hydrogen-bond acceptors (Lipinski definition) is 3. The molecule has 0 atom stereocenters. The number of amides is 1. The summed E-state index contributed by atoms with van der Waals surface area (Å²) in [5.74, 6) is -0.907. The van der Waals surface area contributed by atoms with Gasteiger partial charge in [-0.25, -0.2) is 0 Å². The van der Waals surface area contributed by atoms with E-state index >= 15 is 0 Å². The molecular weight excluding hydrogens is 266 g/mol. The molecule has 0 spiro atoms. The third-order valence-electron chi connectivity index (χ3n) is 3.70. The number of carbonyl (C=O) groups is 2. The van der Waals surface area contributed by atoms with Gasteiger partial charge in [-0.1, -0.05) is 12.1 Å². The first kappa shape index (κ1) is 13.5. The highest BCUT2D eigenvalue weighted by Crippen LogP contribution is 2.33. The van der Waals surface area contributed by atoms with Gasteiger partial charge in [0.05, 0.1) is 23.5 Å². The van der Waals surface area contributed by atoms with Gasteiger partial charge in [0.1, 0.15) is 0 Å². The summed E-state index contributed by atoms with van der Waals surface area (Å²) < 4.78 is 1.84. The molecule has 0 bridgehead atoms. The van der Waals surface area contributed by atoms with Crippen LogP contribution in [0.3, 0.4) is 0 Å². The normalized spacial score (nSPS) is 14.2. The van der Waals surface area contributed by atoms with Crippen molar-refractivity contribution in [2.24, 2.45) is 0 Å². The third-order valence-corrected chi connectivity index (χ3v) is 3.70. The van der Waals surface area contributed by atoms with Gasteiger partial charge in [-0.3, -0.25) is 19.2 Å². The molecule has 108 valence electrons. The zero-order chi connectivity index (χ0) is 15.1. The van der Waals surface area contributed by atoms with Crippen LogP contribution in [-0.2, 0) is 11.3 Å². The molecule has 5 heteroatoms. The fraction of sp³-hybridized carbons (Fsp3) is 0.312. The molecule has 1 aromatic carbocycles. The van der Waals surface area contributed by atoms with Crippen molar-refractivity contribution in [3.05, 3.63) is 47.3 Å². The molecule has 1 aromatic heterocycles. The SMILES string of the molecule is Cc1cccc2c1N(Cc1ccn(C(C)C)n1)C(=O)C2=O. The van der Waals surface area contributed by atoms with E-state index in [1.54, 1.807) is 12.1 Å². The second-order valence-corrected chi connectivity index (χ2v) is 5.57. The first-order chi connectivity index (χ1) is 9.99. The van der Waals surface area contributed by atoms with Crippen molar-refractivity contribution < 1.29 is 9.59 Å². The molecule has 1 amide bonds. The first-order valence-electron chi connectivity index (χ1n) is 6.99. The van der Waals surface area contributed by atoms with Crippen molar-refractivity contribution >= 4 is 17.4 Å². The molecule has 5 nitrogen and oxygen atoms in total. The zero-order valence-electron chi connectivity index (χ0n) is 12.3. The van der Waals surface area contributed by atoms with Crippen molar-refractivity contribution in [2.45, 2.75) is 33.4 Å². The lowest BCUT2D eigenvalue weighted by Gasteiger charge is -2.17. The molecule has 2 heterocycles. The summed E-state index contributed by atoms with van der Waals surface area (Å²) in [6.07, 6.45) is 1.89. The molecule has 0 saturated heterocycles. The van der Waals surface area contributed by atoms with Crippen LogP contribution in [0.4, 0.5) is 5.69 Å². The molecule has 2 aromatic rings. The number of hydrogen-bond donors (Lipinski definition) is 0. The molecule has 1 aliphatic heterocycles. The van der Waals surface area contributed by atoms with Crippen molar-refractivity contribution in [3.63, 3.8) is 0 Å². The average molecular weight is 283 g/mol. The molecule has 0 radical (unpaired) electrons. The predicted octanol–water partition coefficient (Wildman–Crippen LogP) is 2.50. The number of aryl methyl sites for hydroxylation is 1. The van der Waals surface area contributed by atoms with E-state index in [9.17, 15) is 9.59 Å². The van der Waals surface area contributed by atoms with Gasteiger partial charge in [0.25, 0.3) is 11.7 Å². The van der Waals surface area contributed by atoms with Gasteiger partial charge in [0, 0.05) is 12.2 Å². The molecule has 0 fully saturated rings. The van der Waals surface area contributed by atoms with Crippen LogP contribution in [0.1, 0.15) is 41.5 Å². The average Bonchev–Trinajstić information content (AvgIpc) is 3.00.